The fraction of sp³-hybridized carbons (Fsp3) is 1.00. The summed E-state index contributed by atoms with van der Waals surface area (Å²) in [6.07, 6.45) is 7.43. The number of likely N-dealkylation sites (N-methyl/N-ethyl adjacent to an activating group) is 1. The first kappa shape index (κ1) is 14.3. The third-order valence-corrected chi connectivity index (χ3v) is 6.67. The summed E-state index contributed by atoms with van der Waals surface area (Å²) in [6, 6.07) is 0. The number of nitrogens with two attached hydrogens (primary N) is 1. The Hall–Kier alpha value is -0.130. The Kier molecular flexibility index (Phi) is 4.34. The second kappa shape index (κ2) is 5.47. The van der Waals surface area contributed by atoms with Crippen LogP contribution in [0.25, 0.3) is 0 Å². The van der Waals surface area contributed by atoms with Crippen molar-refractivity contribution in [2.45, 2.75) is 57.4 Å². The first-order chi connectivity index (χ1) is 8.54. The molecule has 0 unspecified atom stereocenters. The lowest BCUT2D eigenvalue weighted by molar-refractivity contribution is 0.141. The number of hydrogen-bond donors (Lipinski definition) is 1. The molecule has 2 saturated carbocycles. The molecule has 2 rings (SSSR count). The van der Waals surface area contributed by atoms with Crippen molar-refractivity contribution < 1.29 is 8.42 Å². The summed E-state index contributed by atoms with van der Waals surface area (Å²) < 4.78 is 26.8. The second-order valence-electron chi connectivity index (χ2n) is 5.88. The average molecular weight is 274 g/mol. The molecule has 0 bridgehead atoms. The molecule has 2 aliphatic rings. The third-order valence-electron chi connectivity index (χ3n) is 4.46. The van der Waals surface area contributed by atoms with E-state index in [4.69, 9.17) is 5.73 Å². The largest absolute Gasteiger partial charge is 0.329 e. The normalized spacial score (nSPS) is 24.4. The van der Waals surface area contributed by atoms with Crippen molar-refractivity contribution in [3.05, 3.63) is 0 Å². The summed E-state index contributed by atoms with van der Waals surface area (Å²) >= 11 is 0. The van der Waals surface area contributed by atoms with Gasteiger partial charge < -0.3 is 5.73 Å². The van der Waals surface area contributed by atoms with Crippen molar-refractivity contribution in [3.63, 3.8) is 0 Å². The van der Waals surface area contributed by atoms with Crippen molar-refractivity contribution in [2.24, 2.45) is 11.7 Å². The molecule has 0 aliphatic heterocycles. The fourth-order valence-electron chi connectivity index (χ4n) is 3.26. The van der Waals surface area contributed by atoms with Crippen molar-refractivity contribution in [2.75, 3.05) is 18.8 Å². The van der Waals surface area contributed by atoms with Crippen LogP contribution in [0.15, 0.2) is 0 Å². The standard InChI is InChI=1S/C13H26N2O2S/c1-2-15(18(16,17)10-12-6-7-12)13(11-14)8-4-3-5-9-13/h12H,2-11,14H2,1H3. The van der Waals surface area contributed by atoms with E-state index in [0.717, 1.165) is 38.5 Å². The molecule has 0 aromatic heterocycles. The van der Waals surface area contributed by atoms with Gasteiger partial charge in [0.15, 0.2) is 0 Å². The van der Waals surface area contributed by atoms with Crippen molar-refractivity contribution >= 4 is 10.0 Å². The predicted octanol–water partition coefficient (Wildman–Crippen LogP) is 1.71. The van der Waals surface area contributed by atoms with E-state index >= 15 is 0 Å². The molecule has 2 N–H and O–H groups in total. The van der Waals surface area contributed by atoms with E-state index in [-0.39, 0.29) is 5.54 Å². The minimum Gasteiger partial charge on any atom is -0.329 e. The molecule has 2 aliphatic carbocycles. The van der Waals surface area contributed by atoms with Gasteiger partial charge in [-0.25, -0.2) is 8.42 Å². The molecular formula is C13H26N2O2S. The Morgan fingerprint density at radius 2 is 1.83 bits per heavy atom. The molecule has 0 atom stereocenters. The number of hydrogen-bond acceptors (Lipinski definition) is 3. The van der Waals surface area contributed by atoms with Gasteiger partial charge in [0.25, 0.3) is 0 Å². The van der Waals surface area contributed by atoms with Crippen LogP contribution in [0.2, 0.25) is 0 Å². The van der Waals surface area contributed by atoms with Crippen LogP contribution in [-0.2, 0) is 10.0 Å². The molecule has 0 aromatic rings. The predicted molar refractivity (Wildman–Crippen MR) is 73.8 cm³/mol. The topological polar surface area (TPSA) is 63.4 Å². The van der Waals surface area contributed by atoms with Crippen LogP contribution in [0.3, 0.4) is 0 Å². The quantitative estimate of drug-likeness (QED) is 0.802. The summed E-state index contributed by atoms with van der Waals surface area (Å²) in [6.45, 7) is 2.97. The van der Waals surface area contributed by atoms with Gasteiger partial charge in [0.1, 0.15) is 0 Å². The molecule has 5 heteroatoms. The van der Waals surface area contributed by atoms with Gasteiger partial charge in [-0.3, -0.25) is 0 Å². The Balaban J connectivity index is 2.18. The summed E-state index contributed by atoms with van der Waals surface area (Å²) in [5.41, 5.74) is 5.66. The van der Waals surface area contributed by atoms with Crippen LogP contribution in [0.5, 0.6) is 0 Å². The zero-order valence-electron chi connectivity index (χ0n) is 11.4. The molecule has 4 nitrogen and oxygen atoms in total. The van der Waals surface area contributed by atoms with Crippen LogP contribution in [0, 0.1) is 5.92 Å². The lowest BCUT2D eigenvalue weighted by atomic mass is 9.81. The van der Waals surface area contributed by atoms with Crippen LogP contribution in [-0.4, -0.2) is 37.1 Å². The van der Waals surface area contributed by atoms with Crippen LogP contribution < -0.4 is 5.73 Å². The van der Waals surface area contributed by atoms with E-state index in [9.17, 15) is 8.42 Å². The van der Waals surface area contributed by atoms with Gasteiger partial charge >= 0.3 is 0 Å². The zero-order chi connectivity index (χ0) is 13.2. The van der Waals surface area contributed by atoms with E-state index < -0.39 is 10.0 Å². The Morgan fingerprint density at radius 1 is 1.22 bits per heavy atom. The first-order valence-electron chi connectivity index (χ1n) is 7.25. The van der Waals surface area contributed by atoms with Gasteiger partial charge in [0.05, 0.1) is 5.75 Å². The molecule has 0 spiro atoms. The Morgan fingerprint density at radius 3 is 2.28 bits per heavy atom. The molecule has 0 saturated heterocycles. The highest BCUT2D eigenvalue weighted by Gasteiger charge is 2.43. The van der Waals surface area contributed by atoms with Crippen LogP contribution in [0.4, 0.5) is 0 Å². The van der Waals surface area contributed by atoms with Gasteiger partial charge in [0, 0.05) is 18.6 Å². The van der Waals surface area contributed by atoms with Gasteiger partial charge in [0.2, 0.25) is 10.0 Å². The highest BCUT2D eigenvalue weighted by molar-refractivity contribution is 7.89. The molecule has 2 fully saturated rings. The monoisotopic (exact) mass is 274 g/mol. The second-order valence-corrected chi connectivity index (χ2v) is 7.81. The maximum absolute atomic E-state index is 12.5. The molecule has 0 heterocycles. The van der Waals surface area contributed by atoms with E-state index in [1.807, 2.05) is 6.92 Å². The maximum atomic E-state index is 12.5. The highest BCUT2D eigenvalue weighted by atomic mass is 32.2. The number of rotatable bonds is 6. The Bertz CT molecular complexity index is 370. The van der Waals surface area contributed by atoms with Crippen molar-refractivity contribution in [1.29, 1.82) is 0 Å². The third kappa shape index (κ3) is 2.89. The molecule has 106 valence electrons. The lowest BCUT2D eigenvalue weighted by Gasteiger charge is -2.44. The SMILES string of the molecule is CCN(C1(CN)CCCCC1)S(=O)(=O)CC1CC1. The van der Waals surface area contributed by atoms with Gasteiger partial charge in [-0.15, -0.1) is 0 Å². The highest BCUT2D eigenvalue weighted by Crippen LogP contribution is 2.37. The fourth-order valence-corrected chi connectivity index (χ4v) is 5.61. The summed E-state index contributed by atoms with van der Waals surface area (Å²) in [5.74, 6) is 0.741. The van der Waals surface area contributed by atoms with Crippen molar-refractivity contribution in [3.8, 4) is 0 Å². The number of sulfonamides is 1. The van der Waals surface area contributed by atoms with Crippen LogP contribution >= 0.6 is 0 Å². The molecule has 0 radical (unpaired) electrons. The van der Waals surface area contributed by atoms with E-state index in [2.05, 4.69) is 0 Å². The van der Waals surface area contributed by atoms with Crippen LogP contribution in [0.1, 0.15) is 51.9 Å². The Labute approximate surface area is 111 Å². The summed E-state index contributed by atoms with van der Waals surface area (Å²) in [7, 11) is -3.13. The summed E-state index contributed by atoms with van der Waals surface area (Å²) in [5, 5.41) is 0. The minimum atomic E-state index is -3.13. The molecule has 0 aromatic carbocycles. The number of nitrogens with zero attached hydrogens (tertiary/aromatic N) is 1. The van der Waals surface area contributed by atoms with Crippen molar-refractivity contribution in [1.82, 2.24) is 4.31 Å². The zero-order valence-corrected chi connectivity index (χ0v) is 12.2. The molecule has 0 amide bonds. The molecule has 18 heavy (non-hydrogen) atoms. The van der Waals surface area contributed by atoms with Gasteiger partial charge in [-0.2, -0.15) is 4.31 Å². The smallest absolute Gasteiger partial charge is 0.214 e. The first-order valence-corrected chi connectivity index (χ1v) is 8.85. The van der Waals surface area contributed by atoms with E-state index in [1.165, 1.54) is 6.42 Å². The lowest BCUT2D eigenvalue weighted by Crippen LogP contribution is -2.57. The average Bonchev–Trinajstić information content (AvgIpc) is 3.14. The summed E-state index contributed by atoms with van der Waals surface area (Å²) in [4.78, 5) is 0. The van der Waals surface area contributed by atoms with Gasteiger partial charge in [-0.1, -0.05) is 26.2 Å². The van der Waals surface area contributed by atoms with E-state index in [1.54, 1.807) is 4.31 Å². The maximum Gasteiger partial charge on any atom is 0.214 e. The minimum absolute atomic E-state index is 0.291. The molecular weight excluding hydrogens is 248 g/mol. The van der Waals surface area contributed by atoms with E-state index in [0.29, 0.717) is 24.8 Å². The van der Waals surface area contributed by atoms with Gasteiger partial charge in [-0.05, 0) is 31.6 Å².